The number of hydrogen-bond donors (Lipinski definition) is 3. The number of sulfonamides is 1. The first kappa shape index (κ1) is 14.8. The Morgan fingerprint density at radius 3 is 2.60 bits per heavy atom. The van der Waals surface area contributed by atoms with Gasteiger partial charge in [0.2, 0.25) is 15.9 Å². The van der Waals surface area contributed by atoms with Crippen molar-refractivity contribution in [3.05, 3.63) is 24.3 Å². The smallest absolute Gasteiger partial charge is 0.229 e. The van der Waals surface area contributed by atoms with E-state index in [0.717, 1.165) is 19.1 Å². The Hall–Kier alpha value is -1.60. The highest BCUT2D eigenvalue weighted by Gasteiger charge is 2.27. The van der Waals surface area contributed by atoms with Gasteiger partial charge in [-0.1, -0.05) is 6.07 Å². The standard InChI is InChI=1S/C13H19N3O3S/c1-20(18,19)16-12-4-2-3-11(8-12)15-13(17)9-5-6-10(14)7-9/h2-4,8-10,16H,5-7,14H2,1H3,(H,15,17). The molecule has 1 amide bonds. The topological polar surface area (TPSA) is 101 Å². The van der Waals surface area contributed by atoms with Crippen LogP contribution in [0.2, 0.25) is 0 Å². The summed E-state index contributed by atoms with van der Waals surface area (Å²) < 4.78 is 24.7. The molecule has 4 N–H and O–H groups in total. The molecule has 1 aliphatic carbocycles. The molecule has 1 aromatic rings. The summed E-state index contributed by atoms with van der Waals surface area (Å²) in [6, 6.07) is 6.73. The molecule has 2 atom stereocenters. The van der Waals surface area contributed by atoms with Gasteiger partial charge >= 0.3 is 0 Å². The van der Waals surface area contributed by atoms with E-state index >= 15 is 0 Å². The van der Waals surface area contributed by atoms with Crippen LogP contribution in [0.1, 0.15) is 19.3 Å². The quantitative estimate of drug-likeness (QED) is 0.775. The zero-order valence-corrected chi connectivity index (χ0v) is 12.1. The van der Waals surface area contributed by atoms with Gasteiger partial charge in [-0.05, 0) is 37.5 Å². The van der Waals surface area contributed by atoms with Crippen LogP contribution in [0, 0.1) is 5.92 Å². The number of nitrogens with two attached hydrogens (primary N) is 1. The molecule has 6 nitrogen and oxygen atoms in total. The van der Waals surface area contributed by atoms with E-state index in [9.17, 15) is 13.2 Å². The molecule has 1 saturated carbocycles. The summed E-state index contributed by atoms with van der Waals surface area (Å²) in [5.41, 5.74) is 6.79. The molecule has 2 rings (SSSR count). The second-order valence-electron chi connectivity index (χ2n) is 5.21. The molecule has 1 aliphatic rings. The van der Waals surface area contributed by atoms with Crippen molar-refractivity contribution < 1.29 is 13.2 Å². The van der Waals surface area contributed by atoms with E-state index in [4.69, 9.17) is 5.73 Å². The van der Waals surface area contributed by atoms with E-state index in [-0.39, 0.29) is 17.9 Å². The molecule has 0 aromatic heterocycles. The average Bonchev–Trinajstić information content (AvgIpc) is 2.74. The molecule has 0 saturated heterocycles. The highest BCUT2D eigenvalue weighted by molar-refractivity contribution is 7.92. The van der Waals surface area contributed by atoms with Gasteiger partial charge in [0, 0.05) is 17.6 Å². The Morgan fingerprint density at radius 2 is 2.00 bits per heavy atom. The molecule has 1 aromatic carbocycles. The van der Waals surface area contributed by atoms with Crippen molar-refractivity contribution in [3.63, 3.8) is 0 Å². The molecule has 7 heteroatoms. The number of anilines is 2. The van der Waals surface area contributed by atoms with Crippen molar-refractivity contribution in [1.29, 1.82) is 0 Å². The molecule has 0 radical (unpaired) electrons. The SMILES string of the molecule is CS(=O)(=O)Nc1cccc(NC(=O)C2CCC(N)C2)c1. The summed E-state index contributed by atoms with van der Waals surface area (Å²) in [6.45, 7) is 0. The molecular formula is C13H19N3O3S. The normalized spacial score (nSPS) is 22.5. The maximum Gasteiger partial charge on any atom is 0.229 e. The first-order chi connectivity index (χ1) is 9.33. The molecule has 2 unspecified atom stereocenters. The summed E-state index contributed by atoms with van der Waals surface area (Å²) >= 11 is 0. The lowest BCUT2D eigenvalue weighted by Crippen LogP contribution is -2.23. The lowest BCUT2D eigenvalue weighted by molar-refractivity contribution is -0.119. The van der Waals surface area contributed by atoms with Crippen molar-refractivity contribution >= 4 is 27.3 Å². The van der Waals surface area contributed by atoms with Gasteiger partial charge in [-0.25, -0.2) is 8.42 Å². The maximum absolute atomic E-state index is 12.1. The summed E-state index contributed by atoms with van der Waals surface area (Å²) in [7, 11) is -3.32. The Balaban J connectivity index is 2.02. The molecule has 0 heterocycles. The zero-order valence-electron chi connectivity index (χ0n) is 11.3. The number of hydrogen-bond acceptors (Lipinski definition) is 4. The van der Waals surface area contributed by atoms with Crippen LogP contribution in [0.3, 0.4) is 0 Å². The van der Waals surface area contributed by atoms with Crippen molar-refractivity contribution in [2.24, 2.45) is 11.7 Å². The van der Waals surface area contributed by atoms with E-state index in [1.165, 1.54) is 0 Å². The zero-order chi connectivity index (χ0) is 14.8. The van der Waals surface area contributed by atoms with Crippen LogP contribution < -0.4 is 15.8 Å². The minimum atomic E-state index is -3.32. The van der Waals surface area contributed by atoms with Gasteiger partial charge in [0.1, 0.15) is 0 Å². The monoisotopic (exact) mass is 297 g/mol. The van der Waals surface area contributed by atoms with Gasteiger partial charge in [-0.15, -0.1) is 0 Å². The van der Waals surface area contributed by atoms with Crippen LogP contribution in [-0.4, -0.2) is 26.6 Å². The third-order valence-corrected chi connectivity index (χ3v) is 3.88. The van der Waals surface area contributed by atoms with Crippen molar-refractivity contribution in [1.82, 2.24) is 0 Å². The van der Waals surface area contributed by atoms with Crippen molar-refractivity contribution in [2.45, 2.75) is 25.3 Å². The summed E-state index contributed by atoms with van der Waals surface area (Å²) in [5, 5.41) is 2.80. The number of carbonyl (C=O) groups excluding carboxylic acids is 1. The Kier molecular flexibility index (Phi) is 4.29. The third-order valence-electron chi connectivity index (χ3n) is 3.28. The van der Waals surface area contributed by atoms with Crippen LogP contribution >= 0.6 is 0 Å². The van der Waals surface area contributed by atoms with Gasteiger partial charge < -0.3 is 11.1 Å². The van der Waals surface area contributed by atoms with Crippen LogP contribution in [0.5, 0.6) is 0 Å². The fourth-order valence-electron chi connectivity index (χ4n) is 2.37. The van der Waals surface area contributed by atoms with Gasteiger partial charge in [0.05, 0.1) is 11.9 Å². The summed E-state index contributed by atoms with van der Waals surface area (Å²) in [6.07, 6.45) is 3.45. The van der Waals surface area contributed by atoms with Crippen LogP contribution in [0.4, 0.5) is 11.4 Å². The molecule has 0 spiro atoms. The van der Waals surface area contributed by atoms with Crippen LogP contribution in [0.25, 0.3) is 0 Å². The molecular weight excluding hydrogens is 278 g/mol. The Morgan fingerprint density at radius 1 is 1.30 bits per heavy atom. The second-order valence-corrected chi connectivity index (χ2v) is 6.96. The second kappa shape index (κ2) is 5.80. The van der Waals surface area contributed by atoms with Crippen LogP contribution in [0.15, 0.2) is 24.3 Å². The Labute approximate surface area is 118 Å². The lowest BCUT2D eigenvalue weighted by Gasteiger charge is -2.12. The first-order valence-corrected chi connectivity index (χ1v) is 8.37. The Bertz CT molecular complexity index is 601. The molecule has 20 heavy (non-hydrogen) atoms. The van der Waals surface area contributed by atoms with Gasteiger partial charge in [0.15, 0.2) is 0 Å². The van der Waals surface area contributed by atoms with Crippen molar-refractivity contribution in [2.75, 3.05) is 16.3 Å². The summed E-state index contributed by atoms with van der Waals surface area (Å²) in [5.74, 6) is -0.119. The van der Waals surface area contributed by atoms with E-state index in [1.807, 2.05) is 0 Å². The molecule has 1 fully saturated rings. The highest BCUT2D eigenvalue weighted by atomic mass is 32.2. The van der Waals surface area contributed by atoms with Crippen LogP contribution in [-0.2, 0) is 14.8 Å². The van der Waals surface area contributed by atoms with E-state index in [0.29, 0.717) is 17.8 Å². The number of benzene rings is 1. The highest BCUT2D eigenvalue weighted by Crippen LogP contribution is 2.26. The lowest BCUT2D eigenvalue weighted by atomic mass is 10.1. The number of rotatable bonds is 4. The third kappa shape index (κ3) is 4.21. The fourth-order valence-corrected chi connectivity index (χ4v) is 2.93. The maximum atomic E-state index is 12.1. The van der Waals surface area contributed by atoms with Gasteiger partial charge in [-0.2, -0.15) is 0 Å². The minimum Gasteiger partial charge on any atom is -0.328 e. The minimum absolute atomic E-state index is 0.0588. The van der Waals surface area contributed by atoms with Gasteiger partial charge in [-0.3, -0.25) is 9.52 Å². The molecule has 0 aliphatic heterocycles. The molecule has 0 bridgehead atoms. The van der Waals surface area contributed by atoms with Gasteiger partial charge in [0.25, 0.3) is 0 Å². The number of amides is 1. The predicted octanol–water partition coefficient (Wildman–Crippen LogP) is 1.12. The van der Waals surface area contributed by atoms with Crippen molar-refractivity contribution in [3.8, 4) is 0 Å². The van der Waals surface area contributed by atoms with E-state index in [2.05, 4.69) is 10.0 Å². The predicted molar refractivity (Wildman–Crippen MR) is 78.9 cm³/mol. The fraction of sp³-hybridized carbons (Fsp3) is 0.462. The number of nitrogens with one attached hydrogen (secondary N) is 2. The summed E-state index contributed by atoms with van der Waals surface area (Å²) in [4.78, 5) is 12.1. The van der Waals surface area contributed by atoms with E-state index in [1.54, 1.807) is 24.3 Å². The largest absolute Gasteiger partial charge is 0.328 e. The van der Waals surface area contributed by atoms with E-state index < -0.39 is 10.0 Å². The first-order valence-electron chi connectivity index (χ1n) is 6.48. The molecule has 110 valence electrons. The number of carbonyl (C=O) groups is 1. The average molecular weight is 297 g/mol.